The topological polar surface area (TPSA) is 39.1 Å². The van der Waals surface area contributed by atoms with Gasteiger partial charge >= 0.3 is 0 Å². The van der Waals surface area contributed by atoms with Crippen LogP contribution in [0.5, 0.6) is 0 Å². The molecule has 16 heavy (non-hydrogen) atoms. The van der Waals surface area contributed by atoms with Gasteiger partial charge in [-0.3, -0.25) is 9.00 Å². The molecule has 1 fully saturated rings. The van der Waals surface area contributed by atoms with Gasteiger partial charge in [0.05, 0.1) is 0 Å². The normalized spacial score (nSPS) is 25.6. The SMILES string of the molecule is Cc1cc(C=O)c(C)n1C1CCS(=O)CC1. The average molecular weight is 239 g/mol. The molecule has 2 rings (SSSR count). The number of hydrogen-bond donors (Lipinski definition) is 0. The van der Waals surface area contributed by atoms with Gasteiger partial charge in [0, 0.05) is 45.3 Å². The summed E-state index contributed by atoms with van der Waals surface area (Å²) >= 11 is 0. The van der Waals surface area contributed by atoms with Gasteiger partial charge in [0.25, 0.3) is 0 Å². The van der Waals surface area contributed by atoms with Gasteiger partial charge < -0.3 is 4.57 Å². The first-order valence-corrected chi connectivity index (χ1v) is 7.11. The lowest BCUT2D eigenvalue weighted by atomic mass is 10.1. The maximum Gasteiger partial charge on any atom is 0.151 e. The van der Waals surface area contributed by atoms with Crippen LogP contribution in [0, 0.1) is 13.8 Å². The first-order valence-electron chi connectivity index (χ1n) is 5.62. The minimum atomic E-state index is -0.626. The fourth-order valence-electron chi connectivity index (χ4n) is 2.52. The zero-order valence-corrected chi connectivity index (χ0v) is 10.5. The Morgan fingerprint density at radius 1 is 1.38 bits per heavy atom. The van der Waals surface area contributed by atoms with Crippen molar-refractivity contribution in [3.63, 3.8) is 0 Å². The lowest BCUT2D eigenvalue weighted by molar-refractivity contribution is 0.112. The Balaban J connectivity index is 2.29. The van der Waals surface area contributed by atoms with Gasteiger partial charge in [-0.1, -0.05) is 0 Å². The molecule has 0 aromatic carbocycles. The minimum absolute atomic E-state index is 0.423. The van der Waals surface area contributed by atoms with Crippen LogP contribution in [-0.4, -0.2) is 26.6 Å². The molecule has 4 heteroatoms. The summed E-state index contributed by atoms with van der Waals surface area (Å²) in [7, 11) is -0.626. The molecule has 3 nitrogen and oxygen atoms in total. The van der Waals surface area contributed by atoms with Crippen molar-refractivity contribution in [2.75, 3.05) is 11.5 Å². The molecule has 1 aliphatic rings. The van der Waals surface area contributed by atoms with Crippen LogP contribution in [0.25, 0.3) is 0 Å². The van der Waals surface area contributed by atoms with E-state index in [1.807, 2.05) is 19.9 Å². The molecular formula is C12H17NO2S. The molecule has 1 aliphatic heterocycles. The molecular weight excluding hydrogens is 222 g/mol. The molecule has 88 valence electrons. The van der Waals surface area contributed by atoms with E-state index in [9.17, 15) is 9.00 Å². The van der Waals surface area contributed by atoms with Crippen LogP contribution in [0.15, 0.2) is 6.07 Å². The third-order valence-electron chi connectivity index (χ3n) is 3.37. The first-order chi connectivity index (χ1) is 7.63. The van der Waals surface area contributed by atoms with E-state index >= 15 is 0 Å². The van der Waals surface area contributed by atoms with Crippen molar-refractivity contribution >= 4 is 17.1 Å². The quantitative estimate of drug-likeness (QED) is 0.740. The average Bonchev–Trinajstić information content (AvgIpc) is 2.56. The Morgan fingerprint density at radius 2 is 2.00 bits per heavy atom. The summed E-state index contributed by atoms with van der Waals surface area (Å²) in [5.41, 5.74) is 2.96. The summed E-state index contributed by atoms with van der Waals surface area (Å²) in [4.78, 5) is 10.9. The molecule has 0 N–H and O–H groups in total. The summed E-state index contributed by atoms with van der Waals surface area (Å²) in [6.45, 7) is 4.02. The third kappa shape index (κ3) is 1.98. The van der Waals surface area contributed by atoms with Crippen molar-refractivity contribution in [3.8, 4) is 0 Å². The van der Waals surface area contributed by atoms with Gasteiger partial charge in [-0.2, -0.15) is 0 Å². The zero-order chi connectivity index (χ0) is 11.7. The van der Waals surface area contributed by atoms with Crippen molar-refractivity contribution in [2.24, 2.45) is 0 Å². The van der Waals surface area contributed by atoms with Gasteiger partial charge in [0.1, 0.15) is 0 Å². The lowest BCUT2D eigenvalue weighted by Gasteiger charge is -2.26. The predicted octanol–water partition coefficient (Wildman–Crippen LogP) is 2.00. The smallest absolute Gasteiger partial charge is 0.151 e. The summed E-state index contributed by atoms with van der Waals surface area (Å²) in [6.07, 6.45) is 2.84. The highest BCUT2D eigenvalue weighted by Crippen LogP contribution is 2.27. The monoisotopic (exact) mass is 239 g/mol. The fourth-order valence-corrected chi connectivity index (χ4v) is 3.80. The van der Waals surface area contributed by atoms with E-state index in [4.69, 9.17) is 0 Å². The Kier molecular flexibility index (Phi) is 3.28. The van der Waals surface area contributed by atoms with Gasteiger partial charge in [0.2, 0.25) is 0 Å². The Morgan fingerprint density at radius 3 is 2.50 bits per heavy atom. The number of nitrogens with zero attached hydrogens (tertiary/aromatic N) is 1. The predicted molar refractivity (Wildman–Crippen MR) is 65.4 cm³/mol. The van der Waals surface area contributed by atoms with Gasteiger partial charge in [-0.05, 0) is 32.8 Å². The summed E-state index contributed by atoms with van der Waals surface area (Å²) in [5.74, 6) is 1.58. The zero-order valence-electron chi connectivity index (χ0n) is 9.73. The number of rotatable bonds is 2. The van der Waals surface area contributed by atoms with Crippen LogP contribution in [0.4, 0.5) is 0 Å². The van der Waals surface area contributed by atoms with Crippen LogP contribution in [0.1, 0.15) is 40.6 Å². The Labute approximate surface area is 98.3 Å². The molecule has 0 amide bonds. The number of aldehydes is 1. The second kappa shape index (κ2) is 4.53. The number of hydrogen-bond acceptors (Lipinski definition) is 2. The Hall–Kier alpha value is -0.900. The van der Waals surface area contributed by atoms with Crippen molar-refractivity contribution < 1.29 is 9.00 Å². The first kappa shape index (κ1) is 11.6. The van der Waals surface area contributed by atoms with E-state index in [0.717, 1.165) is 47.6 Å². The van der Waals surface area contributed by atoms with Crippen LogP contribution < -0.4 is 0 Å². The maximum atomic E-state index is 11.3. The number of aryl methyl sites for hydroxylation is 1. The number of carbonyl (C=O) groups excluding carboxylic acids is 1. The van der Waals surface area contributed by atoms with Crippen LogP contribution in [-0.2, 0) is 10.8 Å². The summed E-state index contributed by atoms with van der Waals surface area (Å²) < 4.78 is 13.6. The molecule has 0 saturated carbocycles. The van der Waals surface area contributed by atoms with E-state index in [1.165, 1.54) is 0 Å². The van der Waals surface area contributed by atoms with E-state index < -0.39 is 10.8 Å². The second-order valence-electron chi connectivity index (χ2n) is 4.39. The van der Waals surface area contributed by atoms with Crippen molar-refractivity contribution in [2.45, 2.75) is 32.7 Å². The van der Waals surface area contributed by atoms with Gasteiger partial charge in [-0.15, -0.1) is 0 Å². The van der Waals surface area contributed by atoms with E-state index in [2.05, 4.69) is 4.57 Å². The Bertz CT molecular complexity index is 426. The largest absolute Gasteiger partial charge is 0.345 e. The molecule has 2 heterocycles. The third-order valence-corrected chi connectivity index (χ3v) is 4.76. The van der Waals surface area contributed by atoms with Crippen molar-refractivity contribution in [1.29, 1.82) is 0 Å². The molecule has 1 saturated heterocycles. The molecule has 1 aromatic heterocycles. The molecule has 0 bridgehead atoms. The molecule has 0 unspecified atom stereocenters. The van der Waals surface area contributed by atoms with Crippen LogP contribution in [0.2, 0.25) is 0 Å². The van der Waals surface area contributed by atoms with Gasteiger partial charge in [-0.25, -0.2) is 0 Å². The van der Waals surface area contributed by atoms with Gasteiger partial charge in [0.15, 0.2) is 6.29 Å². The van der Waals surface area contributed by atoms with E-state index in [0.29, 0.717) is 6.04 Å². The minimum Gasteiger partial charge on any atom is -0.345 e. The molecule has 1 aromatic rings. The number of aromatic nitrogens is 1. The molecule has 0 radical (unpaired) electrons. The van der Waals surface area contributed by atoms with E-state index in [-0.39, 0.29) is 0 Å². The highest BCUT2D eigenvalue weighted by molar-refractivity contribution is 7.85. The highest BCUT2D eigenvalue weighted by atomic mass is 32.2. The molecule has 0 aliphatic carbocycles. The molecule has 0 atom stereocenters. The molecule has 0 spiro atoms. The van der Waals surface area contributed by atoms with Crippen LogP contribution >= 0.6 is 0 Å². The number of carbonyl (C=O) groups is 1. The van der Waals surface area contributed by atoms with Crippen LogP contribution in [0.3, 0.4) is 0 Å². The maximum absolute atomic E-state index is 11.3. The van der Waals surface area contributed by atoms with E-state index in [1.54, 1.807) is 0 Å². The summed E-state index contributed by atoms with van der Waals surface area (Å²) in [6, 6.07) is 2.36. The fraction of sp³-hybridized carbons (Fsp3) is 0.583. The summed E-state index contributed by atoms with van der Waals surface area (Å²) in [5, 5.41) is 0. The highest BCUT2D eigenvalue weighted by Gasteiger charge is 2.22. The van der Waals surface area contributed by atoms with Crippen molar-refractivity contribution in [1.82, 2.24) is 4.57 Å². The second-order valence-corrected chi connectivity index (χ2v) is 6.09. The standard InChI is InChI=1S/C12H17NO2S/c1-9-7-11(8-14)10(2)13(9)12-3-5-16(15)6-4-12/h7-8,12H,3-6H2,1-2H3. The lowest BCUT2D eigenvalue weighted by Crippen LogP contribution is -2.23. The van der Waals surface area contributed by atoms with Crippen molar-refractivity contribution in [3.05, 3.63) is 23.0 Å².